The monoisotopic (exact) mass is 1540 g/mol. The van der Waals surface area contributed by atoms with Crippen molar-refractivity contribution in [2.45, 2.75) is 0 Å². The maximum atomic E-state index is 15.0. The fourth-order valence-electron chi connectivity index (χ4n) is 10.8. The summed E-state index contributed by atoms with van der Waals surface area (Å²) in [6, 6.07) is 83.0. The maximum absolute atomic E-state index is 15.0. The average Bonchev–Trinajstić information content (AvgIpc) is 1.50. The van der Waals surface area contributed by atoms with Crippen LogP contribution in [0.25, 0.3) is 134 Å². The van der Waals surface area contributed by atoms with Crippen LogP contribution in [-0.4, -0.2) is 45.7 Å². The third-order valence-corrected chi connectivity index (χ3v) is 18.0. The van der Waals surface area contributed by atoms with Crippen LogP contribution in [0.3, 0.4) is 0 Å². The molecular weight excluding hydrogens is 1500 g/mol. The van der Waals surface area contributed by atoms with Gasteiger partial charge in [0, 0.05) is 16.7 Å². The summed E-state index contributed by atoms with van der Waals surface area (Å²) in [6.07, 6.45) is 0. The van der Waals surface area contributed by atoms with E-state index in [4.69, 9.17) is 0 Å². The van der Waals surface area contributed by atoms with Crippen LogP contribution in [0.1, 0.15) is 0 Å². The standard InChI is InChI=1S/C74H42F5I2N4.Tl/c75-68-38-35-61(72(78)83-68)53-21-5-45(6-22-53)49-13-29-57(30-14-49)65-42-66(58-31-15-50(16-32-58)46-7-23-54(24-8-46)62-36-39-69(76)84-73(62)79)67(59-33-17-51(18-34-59)47-9-25-55(26-10-47)63-37-40-70(80)85-74(63)81)43-64(65)56-27-11-48(12-28-56)44-3-19-52(20-4-44)60-2-1-41-82-71(60)77;/h1-40,42-43H;. The Balaban J connectivity index is 0.908. The molecule has 410 valence electrons. The molecule has 86 heavy (non-hydrogen) atoms. The molecule has 0 aliphatic heterocycles. The van der Waals surface area contributed by atoms with Gasteiger partial charge in [0.25, 0.3) is 0 Å². The van der Waals surface area contributed by atoms with Gasteiger partial charge in [-0.2, -0.15) is 27.5 Å². The molecule has 0 bridgehead atoms. The van der Waals surface area contributed by atoms with Crippen molar-refractivity contribution in [1.82, 2.24) is 19.9 Å². The first-order valence-electron chi connectivity index (χ1n) is 27.3. The SMILES string of the molecule is Fc1ccc(-c2ccc(-c3ccc(-c4cc(-c5ccc(-c6ccc(-c7ccc(F)nc7F)cc6)cc5)c(-c5ccc(-c6ccc(-c7ccc(I)nc7I)cc6)cc5)cc4-c4ccc(-c5ccc(-c6cc[c]([Tl])nc6F)cc5)cc4)cc3)cc2)c(F)n1. The molecule has 0 unspecified atom stereocenters. The van der Waals surface area contributed by atoms with Gasteiger partial charge in [-0.25, -0.2) is 4.98 Å². The third-order valence-electron chi connectivity index (χ3n) is 15.4. The summed E-state index contributed by atoms with van der Waals surface area (Å²) in [7, 11) is 0. The van der Waals surface area contributed by atoms with E-state index in [-0.39, 0.29) is 11.1 Å². The zero-order valence-electron chi connectivity index (χ0n) is 45.3. The molecule has 0 fully saturated rings. The Hall–Kier alpha value is -8.39. The summed E-state index contributed by atoms with van der Waals surface area (Å²) in [5.74, 6) is -3.93. The van der Waals surface area contributed by atoms with Crippen LogP contribution in [-0.2, 0) is 0 Å². The molecule has 12 heteroatoms. The number of pyridine rings is 4. The summed E-state index contributed by atoms with van der Waals surface area (Å²) in [5.41, 5.74) is 20.9. The van der Waals surface area contributed by atoms with Crippen molar-refractivity contribution in [3.8, 4) is 134 Å². The van der Waals surface area contributed by atoms with Gasteiger partial charge in [-0.15, -0.1) is 0 Å². The van der Waals surface area contributed by atoms with Crippen molar-refractivity contribution in [2.75, 3.05) is 0 Å². The van der Waals surface area contributed by atoms with Crippen molar-refractivity contribution >= 4 is 74.2 Å². The smallest absolute Gasteiger partial charge is 0.190 e. The van der Waals surface area contributed by atoms with Gasteiger partial charge in [0.1, 0.15) is 7.40 Å². The fourth-order valence-corrected chi connectivity index (χ4v) is 13.3. The second kappa shape index (κ2) is 24.5. The van der Waals surface area contributed by atoms with E-state index < -0.39 is 29.7 Å². The first-order chi connectivity index (χ1) is 41.8. The molecule has 9 aromatic carbocycles. The molecule has 4 nitrogen and oxygen atoms in total. The molecule has 0 atom stereocenters. The fraction of sp³-hybridized carbons (Fsp3) is 0. The Labute approximate surface area is 536 Å². The molecule has 0 amide bonds. The van der Waals surface area contributed by atoms with Gasteiger partial charge >= 0.3 is 133 Å². The first kappa shape index (κ1) is 56.7. The molecule has 0 N–H and O–H groups in total. The Morgan fingerprint density at radius 2 is 0.442 bits per heavy atom. The maximum Gasteiger partial charge on any atom is 0.223 e. The minimum Gasteiger partial charge on any atom is -0.190 e. The number of rotatable bonds is 12. The number of hydrogen-bond donors (Lipinski definition) is 0. The summed E-state index contributed by atoms with van der Waals surface area (Å²) in [6.45, 7) is 0. The Morgan fingerprint density at radius 3 is 0.698 bits per heavy atom. The number of halogens is 7. The largest absolute Gasteiger partial charge is 0.223 e. The minimum atomic E-state index is -0.873. The zero-order chi connectivity index (χ0) is 59.0. The zero-order valence-corrected chi connectivity index (χ0v) is 54.1. The topological polar surface area (TPSA) is 51.6 Å². The molecule has 0 spiro atoms. The third kappa shape index (κ3) is 12.0. The Morgan fingerprint density at radius 1 is 0.221 bits per heavy atom. The second-order valence-corrected chi connectivity index (χ2v) is 25.0. The van der Waals surface area contributed by atoms with Crippen LogP contribution in [0.4, 0.5) is 22.0 Å². The van der Waals surface area contributed by atoms with E-state index >= 15 is 0 Å². The molecule has 0 aliphatic carbocycles. The number of hydrogen-bond acceptors (Lipinski definition) is 4. The molecule has 0 aliphatic rings. The van der Waals surface area contributed by atoms with E-state index in [1.165, 1.54) is 12.1 Å². The van der Waals surface area contributed by atoms with E-state index in [9.17, 15) is 22.0 Å². The molecule has 13 rings (SSSR count). The van der Waals surface area contributed by atoms with Crippen molar-refractivity contribution in [1.29, 1.82) is 0 Å². The number of aromatic nitrogens is 4. The number of benzene rings is 9. The summed E-state index contributed by atoms with van der Waals surface area (Å²) in [5, 5.41) is 0. The van der Waals surface area contributed by atoms with E-state index in [1.54, 1.807) is 6.07 Å². The van der Waals surface area contributed by atoms with Crippen LogP contribution >= 0.6 is 45.2 Å². The van der Waals surface area contributed by atoms with E-state index in [2.05, 4.69) is 205 Å². The van der Waals surface area contributed by atoms with Gasteiger partial charge in [-0.05, 0) is 183 Å². The van der Waals surface area contributed by atoms with Gasteiger partial charge < -0.3 is 0 Å². The van der Waals surface area contributed by atoms with Crippen LogP contribution in [0.2, 0.25) is 0 Å². The summed E-state index contributed by atoms with van der Waals surface area (Å²) < 4.78 is 74.4. The summed E-state index contributed by atoms with van der Waals surface area (Å²) in [4.78, 5) is 15.5. The van der Waals surface area contributed by atoms with Gasteiger partial charge in [-0.3, -0.25) is 0 Å². The molecule has 4 aromatic heterocycles. The first-order valence-corrected chi connectivity index (χ1v) is 31.7. The van der Waals surface area contributed by atoms with Crippen LogP contribution < -0.4 is 3.25 Å². The van der Waals surface area contributed by atoms with Crippen LogP contribution in [0.15, 0.2) is 255 Å². The van der Waals surface area contributed by atoms with E-state index in [0.717, 1.165) is 128 Å². The minimum absolute atomic E-state index is 0.218. The van der Waals surface area contributed by atoms with Gasteiger partial charge in [0.15, 0.2) is 0 Å². The van der Waals surface area contributed by atoms with Crippen molar-refractivity contribution in [3.63, 3.8) is 0 Å². The average molecular weight is 1540 g/mol. The predicted octanol–water partition coefficient (Wildman–Crippen LogP) is 20.0. The predicted molar refractivity (Wildman–Crippen MR) is 353 cm³/mol. The van der Waals surface area contributed by atoms with Gasteiger partial charge in [0.2, 0.25) is 23.8 Å². The van der Waals surface area contributed by atoms with Crippen molar-refractivity contribution in [3.05, 3.63) is 292 Å². The van der Waals surface area contributed by atoms with E-state index in [0.29, 0.717) is 42.5 Å². The Bertz CT molecular complexity index is 4070. The molecule has 0 radical (unpaired) electrons. The molecular formula is C74H42F5I2N4Tl. The van der Waals surface area contributed by atoms with Crippen molar-refractivity contribution in [2.24, 2.45) is 0 Å². The second-order valence-electron chi connectivity index (χ2n) is 20.6. The van der Waals surface area contributed by atoms with Gasteiger partial charge in [0.05, 0.1) is 0 Å². The van der Waals surface area contributed by atoms with Crippen molar-refractivity contribution < 1.29 is 22.0 Å². The number of nitrogens with zero attached hydrogens (tertiary/aromatic N) is 4. The normalized spacial score (nSPS) is 11.2. The molecule has 0 saturated heterocycles. The van der Waals surface area contributed by atoms with Gasteiger partial charge in [-0.1, -0.05) is 146 Å². The molecule has 13 aromatic rings. The Kier molecular flexibility index (Phi) is 16.2. The van der Waals surface area contributed by atoms with E-state index in [1.807, 2.05) is 84.9 Å². The van der Waals surface area contributed by atoms with Crippen LogP contribution in [0.5, 0.6) is 0 Å². The quantitative estimate of drug-likeness (QED) is 0.0529. The van der Waals surface area contributed by atoms with Crippen LogP contribution in [0, 0.1) is 37.1 Å². The molecule has 4 heterocycles. The molecule has 0 saturated carbocycles. The summed E-state index contributed by atoms with van der Waals surface area (Å²) >= 11 is 4.98.